The van der Waals surface area contributed by atoms with Crippen molar-refractivity contribution >= 4 is 46.2 Å². The molecule has 0 bridgehead atoms. The monoisotopic (exact) mass is 871 g/mol. The Morgan fingerprint density at radius 1 is 0.875 bits per heavy atom. The van der Waals surface area contributed by atoms with Gasteiger partial charge in [0.05, 0.1) is 43.9 Å². The number of aromatic nitrogens is 2. The Hall–Kier alpha value is -5.96. The van der Waals surface area contributed by atoms with E-state index in [1.165, 1.54) is 14.2 Å². The fourth-order valence-corrected chi connectivity index (χ4v) is 11.4. The van der Waals surface area contributed by atoms with Crippen LogP contribution >= 0.6 is 0 Å². The van der Waals surface area contributed by atoms with Gasteiger partial charge in [0.25, 0.3) is 0 Å². The molecule has 4 aromatic rings. The Kier molecular flexibility index (Phi) is 11.3. The van der Waals surface area contributed by atoms with Crippen LogP contribution in [-0.2, 0) is 36.8 Å². The number of fused-ring (bicyclic) bond motifs is 7. The highest BCUT2D eigenvalue weighted by atomic mass is 16.5. The molecule has 4 amide bonds. The zero-order valence-electron chi connectivity index (χ0n) is 37.0. The van der Waals surface area contributed by atoms with Crippen molar-refractivity contribution in [2.24, 2.45) is 22.7 Å². The van der Waals surface area contributed by atoms with Gasteiger partial charge in [-0.2, -0.15) is 0 Å². The highest BCUT2D eigenvalue weighted by molar-refractivity contribution is 6.07. The molecule has 1 aliphatic carbocycles. The number of imidazole rings is 1. The topological polar surface area (TPSA) is 177 Å². The fraction of sp³-hybridized carbons (Fsp3) is 0.510. The van der Waals surface area contributed by atoms with Gasteiger partial charge in [0, 0.05) is 43.5 Å². The Morgan fingerprint density at radius 2 is 1.69 bits per heavy atom. The number of carbonyl (C=O) groups is 4. The first-order valence-corrected chi connectivity index (χ1v) is 23.0. The van der Waals surface area contributed by atoms with Crippen molar-refractivity contribution in [2.75, 3.05) is 34.0 Å². The first-order chi connectivity index (χ1) is 31.1. The predicted octanol–water partition coefficient (Wildman–Crippen LogP) is 7.38. The normalized spacial score (nSPS) is 23.4. The number of H-pyrrole nitrogens is 1. The lowest BCUT2D eigenvalue weighted by Crippen LogP contribution is -2.56. The molecule has 336 valence electrons. The maximum absolute atomic E-state index is 14.3. The molecule has 1 unspecified atom stereocenters. The van der Waals surface area contributed by atoms with E-state index in [1.807, 2.05) is 24.9 Å². The summed E-state index contributed by atoms with van der Waals surface area (Å²) in [6.07, 6.45) is 8.29. The molecule has 0 spiro atoms. The lowest BCUT2D eigenvalue weighted by Gasteiger charge is -2.34. The second-order valence-electron chi connectivity index (χ2n) is 18.6. The quantitative estimate of drug-likeness (QED) is 0.155. The summed E-state index contributed by atoms with van der Waals surface area (Å²) in [4.78, 5) is 70.5. The summed E-state index contributed by atoms with van der Waals surface area (Å²) in [5.41, 5.74) is 8.12. The molecule has 15 nitrogen and oxygen atoms in total. The number of ether oxygens (including phenoxy) is 4. The van der Waals surface area contributed by atoms with Gasteiger partial charge in [-0.15, -0.1) is 0 Å². The summed E-state index contributed by atoms with van der Waals surface area (Å²) in [5.74, 6) is 1.66. The Balaban J connectivity index is 0.872. The number of aliphatic imine (C=N–C) groups is 1. The molecule has 15 heteroatoms. The largest absolute Gasteiger partial charge is 0.488 e. The summed E-state index contributed by atoms with van der Waals surface area (Å²) < 4.78 is 21.8. The molecule has 1 saturated carbocycles. The lowest BCUT2D eigenvalue weighted by atomic mass is 9.90. The van der Waals surface area contributed by atoms with Crippen LogP contribution in [0.4, 0.5) is 15.3 Å². The lowest BCUT2D eigenvalue weighted by molar-refractivity contribution is -0.137. The van der Waals surface area contributed by atoms with Crippen LogP contribution in [0.15, 0.2) is 53.7 Å². The third-order valence-electron chi connectivity index (χ3n) is 14.7. The average Bonchev–Trinajstić information content (AvgIpc) is 4.17. The van der Waals surface area contributed by atoms with Crippen LogP contribution in [0.1, 0.15) is 88.2 Å². The molecule has 6 aliphatic rings. The maximum atomic E-state index is 14.3. The number of alkyl carbamates (subject to hydrolysis) is 2. The van der Waals surface area contributed by atoms with Gasteiger partial charge in [0.15, 0.2) is 0 Å². The standard InChI is InChI=1S/C49H57N7O8/c1-26(2)43(53-48(59)61-3)47(58)56-39-8-5-7-30(39)21-41(56)37-22-34-33-23-42-35(20-28(33)11-13-36(34)51-37)32-12-10-29(19-31(32)25-64-42)38-24-50-45(52-38)40-9-6-16-55(40)46(57)44(54-49(60)62-4)27-14-17-63-18-15-27/h10-13,19-20,23-24,26-27,30,39-41,43-44H,5-9,14-18,21-22,25H2,1-4H3,(H,50,52)(H,53,59)(H,54,60)/t30-,39-,40?,41-,43-,44-/m0/s1. The van der Waals surface area contributed by atoms with Gasteiger partial charge in [-0.25, -0.2) is 14.6 Å². The van der Waals surface area contributed by atoms with E-state index in [9.17, 15) is 19.2 Å². The summed E-state index contributed by atoms with van der Waals surface area (Å²) in [6, 6.07) is 13.4. The molecule has 6 heterocycles. The number of nitrogens with zero attached hydrogens (tertiary/aromatic N) is 4. The minimum atomic E-state index is -0.694. The molecule has 5 aliphatic heterocycles. The van der Waals surface area contributed by atoms with Crippen LogP contribution < -0.4 is 15.4 Å². The summed E-state index contributed by atoms with van der Waals surface area (Å²) in [5, 5.41) is 7.85. The van der Waals surface area contributed by atoms with E-state index in [4.69, 9.17) is 28.9 Å². The summed E-state index contributed by atoms with van der Waals surface area (Å²) >= 11 is 0. The molecule has 3 aromatic carbocycles. The molecule has 3 saturated heterocycles. The van der Waals surface area contributed by atoms with E-state index < -0.39 is 24.3 Å². The van der Waals surface area contributed by atoms with Crippen molar-refractivity contribution in [3.8, 4) is 28.1 Å². The van der Waals surface area contributed by atoms with Crippen LogP contribution in [0.2, 0.25) is 0 Å². The Labute approximate surface area is 372 Å². The van der Waals surface area contributed by atoms with E-state index in [-0.39, 0.29) is 41.8 Å². The van der Waals surface area contributed by atoms with Crippen molar-refractivity contribution in [2.45, 2.75) is 108 Å². The fourth-order valence-electron chi connectivity index (χ4n) is 11.4. The zero-order valence-corrected chi connectivity index (χ0v) is 37.0. The first-order valence-electron chi connectivity index (χ1n) is 23.0. The van der Waals surface area contributed by atoms with Gasteiger partial charge < -0.3 is 44.4 Å². The number of likely N-dealkylation sites (tertiary alicyclic amines) is 2. The molecule has 64 heavy (non-hydrogen) atoms. The van der Waals surface area contributed by atoms with Gasteiger partial charge in [-0.05, 0) is 120 Å². The number of hydrogen-bond donors (Lipinski definition) is 3. The zero-order chi connectivity index (χ0) is 44.2. The predicted molar refractivity (Wildman–Crippen MR) is 239 cm³/mol. The van der Waals surface area contributed by atoms with Crippen molar-refractivity contribution in [3.63, 3.8) is 0 Å². The number of carbonyl (C=O) groups excluding carboxylic acids is 4. The van der Waals surface area contributed by atoms with Gasteiger partial charge in [-0.1, -0.05) is 38.5 Å². The molecule has 1 aromatic heterocycles. The number of rotatable bonds is 9. The van der Waals surface area contributed by atoms with Crippen molar-refractivity contribution in [3.05, 3.63) is 65.6 Å². The van der Waals surface area contributed by atoms with E-state index in [2.05, 4.69) is 63.0 Å². The van der Waals surface area contributed by atoms with Gasteiger partial charge in [0.1, 0.15) is 30.3 Å². The van der Waals surface area contributed by atoms with Gasteiger partial charge in [-0.3, -0.25) is 14.6 Å². The Morgan fingerprint density at radius 3 is 2.48 bits per heavy atom. The third-order valence-corrected chi connectivity index (χ3v) is 14.7. The third kappa shape index (κ3) is 7.54. The van der Waals surface area contributed by atoms with Crippen molar-refractivity contribution in [1.29, 1.82) is 0 Å². The molecule has 6 atom stereocenters. The van der Waals surface area contributed by atoms with E-state index in [1.54, 1.807) is 0 Å². The first kappa shape index (κ1) is 42.0. The van der Waals surface area contributed by atoms with Crippen molar-refractivity contribution < 1.29 is 38.1 Å². The second kappa shape index (κ2) is 17.2. The highest BCUT2D eigenvalue weighted by Gasteiger charge is 2.50. The van der Waals surface area contributed by atoms with Crippen molar-refractivity contribution in [1.82, 2.24) is 30.4 Å². The minimum absolute atomic E-state index is 0.0357. The average molecular weight is 872 g/mol. The number of aromatic amines is 1. The molecule has 0 radical (unpaired) electrons. The van der Waals surface area contributed by atoms with Crippen LogP contribution in [0.5, 0.6) is 5.75 Å². The minimum Gasteiger partial charge on any atom is -0.488 e. The molecule has 4 fully saturated rings. The number of benzene rings is 3. The molecular weight excluding hydrogens is 815 g/mol. The Bertz CT molecular complexity index is 2530. The van der Waals surface area contributed by atoms with Gasteiger partial charge in [0.2, 0.25) is 11.8 Å². The number of methoxy groups -OCH3 is 2. The number of nitrogens with one attached hydrogen (secondary N) is 3. The summed E-state index contributed by atoms with van der Waals surface area (Å²) in [7, 11) is 2.63. The van der Waals surface area contributed by atoms with E-state index in [0.717, 1.165) is 106 Å². The molecular formula is C49H57N7O8. The van der Waals surface area contributed by atoms with Crippen LogP contribution in [0, 0.1) is 17.8 Å². The smallest absolute Gasteiger partial charge is 0.407 e. The van der Waals surface area contributed by atoms with E-state index in [0.29, 0.717) is 51.5 Å². The number of amides is 4. The van der Waals surface area contributed by atoms with Crippen LogP contribution in [0.25, 0.3) is 33.2 Å². The summed E-state index contributed by atoms with van der Waals surface area (Å²) in [6.45, 7) is 6.01. The van der Waals surface area contributed by atoms with Gasteiger partial charge >= 0.3 is 12.2 Å². The second-order valence-corrected chi connectivity index (χ2v) is 18.6. The molecule has 10 rings (SSSR count). The van der Waals surface area contributed by atoms with E-state index >= 15 is 0 Å². The van der Waals surface area contributed by atoms with Crippen LogP contribution in [0.3, 0.4) is 0 Å². The highest BCUT2D eigenvalue weighted by Crippen LogP contribution is 2.47. The molecule has 3 N–H and O–H groups in total. The number of hydrogen-bond acceptors (Lipinski definition) is 10. The SMILES string of the molecule is COC(=O)N[C@H](C(=O)N1[C@H](C2=Nc3ccc4cc5c(cc4c3C2)OCc2cc(-c3cnc(C4CCCN4C(=O)[C@@H](NC(=O)OC)C4CCOCC4)[nH]3)ccc2-5)C[C@@H]2CCC[C@@H]21)C(C)C. The van der Waals surface area contributed by atoms with Crippen LogP contribution in [-0.4, -0.2) is 108 Å². The maximum Gasteiger partial charge on any atom is 0.407 e.